The number of esters is 1. The lowest BCUT2D eigenvalue weighted by Gasteiger charge is -2.20. The summed E-state index contributed by atoms with van der Waals surface area (Å²) in [5.41, 5.74) is 3.15. The molecule has 5 nitrogen and oxygen atoms in total. The molecule has 0 aromatic heterocycles. The van der Waals surface area contributed by atoms with Crippen molar-refractivity contribution < 1.29 is 22.9 Å². The number of benzene rings is 2. The monoisotopic (exact) mass is 433 g/mol. The lowest BCUT2D eigenvalue weighted by Crippen LogP contribution is -2.29. The quantitative estimate of drug-likeness (QED) is 0.627. The molecule has 2 aromatic carbocycles. The molecule has 1 amide bonds. The molecule has 0 aliphatic carbocycles. The number of halogens is 1. The van der Waals surface area contributed by atoms with Gasteiger partial charge in [-0.05, 0) is 52.3 Å². The fourth-order valence-corrected chi connectivity index (χ4v) is 4.30. The van der Waals surface area contributed by atoms with Gasteiger partial charge >= 0.3 is 5.97 Å². The lowest BCUT2D eigenvalue weighted by molar-refractivity contribution is -0.118. The van der Waals surface area contributed by atoms with Crippen molar-refractivity contribution in [2.75, 3.05) is 7.11 Å². The van der Waals surface area contributed by atoms with Gasteiger partial charge in [-0.15, -0.1) is 0 Å². The number of methoxy groups -OCH3 is 1. The average Bonchev–Trinajstić information content (AvgIpc) is 2.68. The van der Waals surface area contributed by atoms with E-state index in [9.17, 15) is 18.2 Å². The normalized spacial score (nSPS) is 12.1. The van der Waals surface area contributed by atoms with E-state index in [2.05, 4.69) is 4.72 Å². The van der Waals surface area contributed by atoms with Gasteiger partial charge in [-0.25, -0.2) is 13.4 Å². The molecule has 0 fully saturated rings. The Morgan fingerprint density at radius 2 is 1.63 bits per heavy atom. The van der Waals surface area contributed by atoms with Gasteiger partial charge in [0.05, 0.1) is 24.8 Å². The van der Waals surface area contributed by atoms with Gasteiger partial charge in [0.2, 0.25) is 5.91 Å². The van der Waals surface area contributed by atoms with Crippen molar-refractivity contribution in [3.8, 4) is 0 Å². The van der Waals surface area contributed by atoms with Gasteiger partial charge in [0, 0.05) is 0 Å². The van der Waals surface area contributed by atoms with E-state index in [0.717, 1.165) is 16.7 Å². The van der Waals surface area contributed by atoms with Crippen molar-refractivity contribution in [3.63, 3.8) is 0 Å². The summed E-state index contributed by atoms with van der Waals surface area (Å²) < 4.78 is 33.8. The smallest absolute Gasteiger partial charge is 0.338 e. The van der Waals surface area contributed by atoms with Crippen LogP contribution in [0, 0.1) is 5.82 Å². The van der Waals surface area contributed by atoms with Crippen LogP contribution >= 0.6 is 0 Å². The predicted molar refractivity (Wildman–Crippen MR) is 116 cm³/mol. The van der Waals surface area contributed by atoms with E-state index in [4.69, 9.17) is 4.74 Å². The molecule has 1 unspecified atom stereocenters. The minimum Gasteiger partial charge on any atom is -0.465 e. The topological polar surface area (TPSA) is 72.5 Å². The highest BCUT2D eigenvalue weighted by atomic mass is 32.2. The van der Waals surface area contributed by atoms with E-state index < -0.39 is 22.9 Å². The summed E-state index contributed by atoms with van der Waals surface area (Å²) in [4.78, 5) is 24.5. The van der Waals surface area contributed by atoms with E-state index in [1.54, 1.807) is 24.3 Å². The van der Waals surface area contributed by atoms with Crippen molar-refractivity contribution in [3.05, 3.63) is 70.0 Å². The zero-order chi connectivity index (χ0) is 22.4. The highest BCUT2D eigenvalue weighted by Gasteiger charge is 2.20. The Hall–Kier alpha value is -2.54. The first kappa shape index (κ1) is 23.7. The van der Waals surface area contributed by atoms with Crippen LogP contribution in [-0.2, 0) is 32.7 Å². The van der Waals surface area contributed by atoms with Gasteiger partial charge in [0.25, 0.3) is 0 Å². The Morgan fingerprint density at radius 3 is 2.17 bits per heavy atom. The largest absolute Gasteiger partial charge is 0.465 e. The molecule has 2 rings (SSSR count). The molecule has 30 heavy (non-hydrogen) atoms. The molecule has 1 N–H and O–H groups in total. The molecule has 0 aliphatic rings. The van der Waals surface area contributed by atoms with E-state index >= 15 is 0 Å². The Kier molecular flexibility index (Phi) is 8.29. The summed E-state index contributed by atoms with van der Waals surface area (Å²) in [5, 5.41) is 0. The van der Waals surface area contributed by atoms with Gasteiger partial charge in [0.1, 0.15) is 16.8 Å². The maximum Gasteiger partial charge on any atom is 0.338 e. The number of hydrogen-bond acceptors (Lipinski definition) is 4. The Balaban J connectivity index is 2.19. The van der Waals surface area contributed by atoms with Crippen LogP contribution in [0.2, 0.25) is 0 Å². The molecule has 162 valence electrons. The van der Waals surface area contributed by atoms with Crippen molar-refractivity contribution in [1.82, 2.24) is 4.72 Å². The zero-order valence-electron chi connectivity index (χ0n) is 18.0. The zero-order valence-corrected chi connectivity index (χ0v) is 18.8. The van der Waals surface area contributed by atoms with Gasteiger partial charge in [-0.1, -0.05) is 45.9 Å². The molecule has 7 heteroatoms. The molecule has 0 saturated carbocycles. The van der Waals surface area contributed by atoms with Gasteiger partial charge in [-0.3, -0.25) is 9.52 Å². The summed E-state index contributed by atoms with van der Waals surface area (Å²) >= 11 is 0. The van der Waals surface area contributed by atoms with Crippen molar-refractivity contribution in [1.29, 1.82) is 0 Å². The lowest BCUT2D eigenvalue weighted by atomic mass is 9.87. The molecule has 2 aromatic rings. The number of carbonyl (C=O) groups is 2. The van der Waals surface area contributed by atoms with Crippen LogP contribution in [0.15, 0.2) is 36.4 Å². The molecular formula is C23H28FNO4S. The van der Waals surface area contributed by atoms with E-state index in [1.807, 2.05) is 27.7 Å². The summed E-state index contributed by atoms with van der Waals surface area (Å²) in [6.45, 7) is 7.79. The van der Waals surface area contributed by atoms with Crippen molar-refractivity contribution in [2.24, 2.45) is 0 Å². The van der Waals surface area contributed by atoms with Crippen LogP contribution in [0.5, 0.6) is 0 Å². The summed E-state index contributed by atoms with van der Waals surface area (Å²) in [5.74, 6) is -1.21. The molecular weight excluding hydrogens is 405 g/mol. The highest BCUT2D eigenvalue weighted by Crippen LogP contribution is 2.29. The second-order valence-corrected chi connectivity index (χ2v) is 8.90. The number of rotatable bonds is 8. The molecule has 0 aliphatic heterocycles. The average molecular weight is 434 g/mol. The molecule has 0 saturated heterocycles. The first-order valence-corrected chi connectivity index (χ1v) is 11.1. The Morgan fingerprint density at radius 1 is 1.07 bits per heavy atom. The second-order valence-electron chi connectivity index (χ2n) is 7.71. The molecule has 0 spiro atoms. The Labute approximate surface area is 179 Å². The van der Waals surface area contributed by atoms with Crippen LogP contribution < -0.4 is 4.72 Å². The SMILES string of the molecule is COC(=O)c1ccccc1CS(=O)NC(=O)Cc1c(C(C)C)cc(F)cc1C(C)C. The number of carbonyl (C=O) groups excluding carboxylic acids is 2. The standard InChI is InChI=1S/C23H28FNO4S/c1-14(2)19-10-17(24)11-20(15(3)4)21(19)12-22(26)25-30(28)13-16-8-6-7-9-18(16)23(27)29-5/h6-11,14-15H,12-13H2,1-5H3,(H,25,26). The minimum atomic E-state index is -1.72. The molecule has 0 heterocycles. The molecule has 1 atom stereocenters. The first-order valence-electron chi connectivity index (χ1n) is 9.80. The summed E-state index contributed by atoms with van der Waals surface area (Å²) in [7, 11) is -0.447. The number of amides is 1. The Bertz CT molecular complexity index is 927. The van der Waals surface area contributed by atoms with Crippen LogP contribution in [0.3, 0.4) is 0 Å². The maximum atomic E-state index is 14.1. The van der Waals surface area contributed by atoms with Gasteiger partial charge in [0.15, 0.2) is 0 Å². The first-order chi connectivity index (χ1) is 14.1. The maximum absolute atomic E-state index is 14.1. The molecule has 0 radical (unpaired) electrons. The van der Waals surface area contributed by atoms with E-state index in [-0.39, 0.29) is 29.8 Å². The van der Waals surface area contributed by atoms with E-state index in [0.29, 0.717) is 11.1 Å². The number of nitrogens with one attached hydrogen (secondary N) is 1. The molecule has 0 bridgehead atoms. The second kappa shape index (κ2) is 10.5. The number of ether oxygens (including phenoxy) is 1. The van der Waals surface area contributed by atoms with Crippen LogP contribution in [0.1, 0.15) is 72.1 Å². The third kappa shape index (κ3) is 5.98. The van der Waals surface area contributed by atoms with Crippen molar-refractivity contribution in [2.45, 2.75) is 51.7 Å². The van der Waals surface area contributed by atoms with Crippen LogP contribution in [0.25, 0.3) is 0 Å². The third-order valence-electron chi connectivity index (χ3n) is 4.80. The van der Waals surface area contributed by atoms with Gasteiger partial charge in [-0.2, -0.15) is 0 Å². The summed E-state index contributed by atoms with van der Waals surface area (Å²) in [6, 6.07) is 9.59. The number of hydrogen-bond donors (Lipinski definition) is 1. The summed E-state index contributed by atoms with van der Waals surface area (Å²) in [6.07, 6.45) is 0.00565. The van der Waals surface area contributed by atoms with Crippen LogP contribution in [0.4, 0.5) is 4.39 Å². The predicted octanol–water partition coefficient (Wildman–Crippen LogP) is 4.38. The van der Waals surface area contributed by atoms with E-state index in [1.165, 1.54) is 19.2 Å². The van der Waals surface area contributed by atoms with Gasteiger partial charge < -0.3 is 4.74 Å². The van der Waals surface area contributed by atoms with Crippen molar-refractivity contribution >= 4 is 22.9 Å². The third-order valence-corrected chi connectivity index (χ3v) is 5.83. The van der Waals surface area contributed by atoms with Crippen LogP contribution in [-0.4, -0.2) is 23.2 Å². The highest BCUT2D eigenvalue weighted by molar-refractivity contribution is 7.82. The fourth-order valence-electron chi connectivity index (χ4n) is 3.37. The minimum absolute atomic E-state index is 0.00565. The fraction of sp³-hybridized carbons (Fsp3) is 0.391.